The van der Waals surface area contributed by atoms with Crippen molar-refractivity contribution >= 4 is 21.8 Å². The zero-order valence-electron chi connectivity index (χ0n) is 6.75. The Morgan fingerprint density at radius 2 is 2.46 bits per heavy atom. The molecule has 3 nitrogen and oxygen atoms in total. The van der Waals surface area contributed by atoms with Gasteiger partial charge in [0.05, 0.1) is 6.54 Å². The smallest absolute Gasteiger partial charge is 0.270 e. The topological polar surface area (TPSA) is 42.0 Å². The van der Waals surface area contributed by atoms with Crippen LogP contribution >= 0.6 is 15.9 Å². The Kier molecular flexibility index (Phi) is 3.47. The van der Waals surface area contributed by atoms with Gasteiger partial charge in [0, 0.05) is 0 Å². The number of nitrogens with one attached hydrogen (secondary N) is 1. The number of nitrogens with zero attached hydrogens (tertiary/aromatic N) is 1. The largest absolute Gasteiger partial charge is 0.340 e. The van der Waals surface area contributed by atoms with Crippen LogP contribution in [0.5, 0.6) is 0 Å². The minimum absolute atomic E-state index is 0.215. The first-order chi connectivity index (χ1) is 6.24. The van der Waals surface area contributed by atoms with Crippen molar-refractivity contribution in [2.75, 3.05) is 6.54 Å². The van der Waals surface area contributed by atoms with Gasteiger partial charge < -0.3 is 5.32 Å². The average molecular weight is 239 g/mol. The number of carbonyl (C=O) groups is 1. The molecule has 4 heteroatoms. The van der Waals surface area contributed by atoms with Gasteiger partial charge in [-0.3, -0.25) is 4.79 Å². The molecule has 0 saturated carbocycles. The van der Waals surface area contributed by atoms with E-state index in [1.807, 2.05) is 0 Å². The fourth-order valence-corrected chi connectivity index (χ4v) is 1.10. The monoisotopic (exact) mass is 238 g/mol. The van der Waals surface area contributed by atoms with Crippen LogP contribution in [0.3, 0.4) is 0 Å². The van der Waals surface area contributed by atoms with Gasteiger partial charge in [0.1, 0.15) is 10.3 Å². The summed E-state index contributed by atoms with van der Waals surface area (Å²) in [5.74, 6) is 2.05. The van der Waals surface area contributed by atoms with Crippen molar-refractivity contribution in [3.63, 3.8) is 0 Å². The molecule has 0 spiro atoms. The Morgan fingerprint density at radius 3 is 3.08 bits per heavy atom. The van der Waals surface area contributed by atoms with Crippen LogP contribution in [-0.4, -0.2) is 17.4 Å². The van der Waals surface area contributed by atoms with Gasteiger partial charge in [-0.25, -0.2) is 4.98 Å². The maximum absolute atomic E-state index is 11.3. The zero-order chi connectivity index (χ0) is 9.68. The van der Waals surface area contributed by atoms with Gasteiger partial charge in [0.15, 0.2) is 0 Å². The second-order valence-corrected chi connectivity index (χ2v) is 3.04. The van der Waals surface area contributed by atoms with Crippen molar-refractivity contribution in [2.45, 2.75) is 0 Å². The molecule has 66 valence electrons. The summed E-state index contributed by atoms with van der Waals surface area (Å²) in [6.07, 6.45) is 4.99. The molecule has 1 aromatic rings. The highest BCUT2D eigenvalue weighted by molar-refractivity contribution is 9.10. The Morgan fingerprint density at radius 1 is 1.69 bits per heavy atom. The van der Waals surface area contributed by atoms with E-state index in [1.54, 1.807) is 18.2 Å². The molecule has 1 aromatic heterocycles. The first-order valence-corrected chi connectivity index (χ1v) is 4.37. The number of hydrogen-bond donors (Lipinski definition) is 1. The Balaban J connectivity index is 2.72. The second-order valence-electron chi connectivity index (χ2n) is 2.23. The Bertz CT molecular complexity index is 357. The number of rotatable bonds is 2. The first kappa shape index (κ1) is 9.75. The standard InChI is InChI=1S/C9H7BrN2O/c1-2-6-11-9(13)7-4-3-5-8(10)12-7/h1,3-5H,6H2,(H,11,13). The van der Waals surface area contributed by atoms with Gasteiger partial charge in [-0.05, 0) is 28.1 Å². The Hall–Kier alpha value is -1.34. The van der Waals surface area contributed by atoms with Gasteiger partial charge in [-0.15, -0.1) is 6.42 Å². The number of hydrogen-bond acceptors (Lipinski definition) is 2. The van der Waals surface area contributed by atoms with Crippen molar-refractivity contribution in [1.29, 1.82) is 0 Å². The number of terminal acetylenes is 1. The number of amides is 1. The van der Waals surface area contributed by atoms with Crippen molar-refractivity contribution in [3.8, 4) is 12.3 Å². The van der Waals surface area contributed by atoms with Crippen molar-refractivity contribution in [2.24, 2.45) is 0 Å². The van der Waals surface area contributed by atoms with Crippen LogP contribution in [0.1, 0.15) is 10.5 Å². The lowest BCUT2D eigenvalue weighted by molar-refractivity contribution is 0.0953. The minimum Gasteiger partial charge on any atom is -0.340 e. The molecule has 1 heterocycles. The van der Waals surface area contributed by atoms with Crippen LogP contribution in [0.15, 0.2) is 22.8 Å². The zero-order valence-corrected chi connectivity index (χ0v) is 8.34. The molecule has 0 unspecified atom stereocenters. The summed E-state index contributed by atoms with van der Waals surface area (Å²) in [7, 11) is 0. The van der Waals surface area contributed by atoms with Gasteiger partial charge in [0.25, 0.3) is 5.91 Å². The predicted molar refractivity (Wildman–Crippen MR) is 53.1 cm³/mol. The van der Waals surface area contributed by atoms with Crippen LogP contribution in [0.25, 0.3) is 0 Å². The van der Waals surface area contributed by atoms with Crippen molar-refractivity contribution in [1.82, 2.24) is 10.3 Å². The fraction of sp³-hybridized carbons (Fsp3) is 0.111. The van der Waals surface area contributed by atoms with E-state index in [0.29, 0.717) is 10.3 Å². The minimum atomic E-state index is -0.265. The molecular weight excluding hydrogens is 232 g/mol. The second kappa shape index (κ2) is 4.63. The highest BCUT2D eigenvalue weighted by Gasteiger charge is 2.04. The Labute approximate surface area is 84.7 Å². The third-order valence-corrected chi connectivity index (χ3v) is 1.74. The van der Waals surface area contributed by atoms with E-state index in [9.17, 15) is 4.79 Å². The summed E-state index contributed by atoms with van der Waals surface area (Å²) in [4.78, 5) is 15.2. The summed E-state index contributed by atoms with van der Waals surface area (Å²) in [6, 6.07) is 5.11. The first-order valence-electron chi connectivity index (χ1n) is 3.58. The third-order valence-electron chi connectivity index (χ3n) is 1.30. The molecule has 0 atom stereocenters. The summed E-state index contributed by atoms with van der Waals surface area (Å²) < 4.78 is 0.626. The van der Waals surface area contributed by atoms with E-state index < -0.39 is 0 Å². The van der Waals surface area contributed by atoms with E-state index in [0.717, 1.165) is 0 Å². The molecule has 0 aliphatic carbocycles. The molecule has 1 rings (SSSR count). The summed E-state index contributed by atoms with van der Waals surface area (Å²) >= 11 is 3.17. The number of pyridine rings is 1. The van der Waals surface area contributed by atoms with E-state index in [-0.39, 0.29) is 12.5 Å². The SMILES string of the molecule is C#CCNC(=O)c1cccc(Br)n1. The molecule has 1 N–H and O–H groups in total. The van der Waals surface area contributed by atoms with Gasteiger partial charge >= 0.3 is 0 Å². The average Bonchev–Trinajstić information content (AvgIpc) is 2.14. The third kappa shape index (κ3) is 2.88. The van der Waals surface area contributed by atoms with Gasteiger partial charge in [-0.2, -0.15) is 0 Å². The summed E-state index contributed by atoms with van der Waals surface area (Å²) in [5.41, 5.74) is 0.352. The van der Waals surface area contributed by atoms with Gasteiger partial charge in [0.2, 0.25) is 0 Å². The molecule has 0 saturated heterocycles. The van der Waals surface area contributed by atoms with E-state index >= 15 is 0 Å². The van der Waals surface area contributed by atoms with E-state index in [4.69, 9.17) is 6.42 Å². The lowest BCUT2D eigenvalue weighted by atomic mass is 10.3. The molecule has 13 heavy (non-hydrogen) atoms. The fourth-order valence-electron chi connectivity index (χ4n) is 0.757. The van der Waals surface area contributed by atoms with Gasteiger partial charge in [-0.1, -0.05) is 12.0 Å². The van der Waals surface area contributed by atoms with Crippen molar-refractivity contribution in [3.05, 3.63) is 28.5 Å². The quantitative estimate of drug-likeness (QED) is 0.622. The van der Waals surface area contributed by atoms with Crippen LogP contribution in [0.2, 0.25) is 0 Å². The van der Waals surface area contributed by atoms with Crippen LogP contribution in [0, 0.1) is 12.3 Å². The lowest BCUT2D eigenvalue weighted by Crippen LogP contribution is -2.24. The maximum atomic E-state index is 11.3. The molecule has 0 aromatic carbocycles. The molecular formula is C9H7BrN2O. The maximum Gasteiger partial charge on any atom is 0.270 e. The van der Waals surface area contributed by atoms with Crippen LogP contribution < -0.4 is 5.32 Å². The number of carbonyl (C=O) groups excluding carboxylic acids is 1. The highest BCUT2D eigenvalue weighted by Crippen LogP contribution is 2.05. The summed E-state index contributed by atoms with van der Waals surface area (Å²) in [5, 5.41) is 2.52. The predicted octanol–water partition coefficient (Wildman–Crippen LogP) is 1.21. The van der Waals surface area contributed by atoms with E-state index in [2.05, 4.69) is 32.2 Å². The number of halogens is 1. The van der Waals surface area contributed by atoms with E-state index in [1.165, 1.54) is 0 Å². The molecule has 1 amide bonds. The normalized spacial score (nSPS) is 8.92. The highest BCUT2D eigenvalue weighted by atomic mass is 79.9. The van der Waals surface area contributed by atoms with Crippen LogP contribution in [0.4, 0.5) is 0 Å². The molecule has 0 aliphatic heterocycles. The lowest BCUT2D eigenvalue weighted by Gasteiger charge is -1.99. The molecule has 0 aliphatic rings. The summed E-state index contributed by atoms with van der Waals surface area (Å²) in [6.45, 7) is 0.215. The molecule has 0 bridgehead atoms. The van der Waals surface area contributed by atoms with Crippen LogP contribution in [-0.2, 0) is 0 Å². The molecule has 0 fully saturated rings. The molecule has 0 radical (unpaired) electrons. The number of aromatic nitrogens is 1. The van der Waals surface area contributed by atoms with Crippen molar-refractivity contribution < 1.29 is 4.79 Å².